The fourth-order valence-corrected chi connectivity index (χ4v) is 2.85. The van der Waals surface area contributed by atoms with E-state index in [1.807, 2.05) is 13.8 Å². The Kier molecular flexibility index (Phi) is 6.17. The van der Waals surface area contributed by atoms with Gasteiger partial charge in [0.05, 0.1) is 12.2 Å². The number of nitrogens with one attached hydrogen (secondary N) is 1. The van der Waals surface area contributed by atoms with Crippen molar-refractivity contribution in [1.29, 1.82) is 0 Å². The molecular formula is C18H25FN2O3. The molecule has 2 rings (SSSR count). The lowest BCUT2D eigenvalue weighted by Crippen LogP contribution is -2.50. The summed E-state index contributed by atoms with van der Waals surface area (Å²) in [7, 11) is 0. The van der Waals surface area contributed by atoms with Gasteiger partial charge in [0.15, 0.2) is 11.6 Å². The number of carbonyl (C=O) groups is 2. The van der Waals surface area contributed by atoms with Crippen LogP contribution in [0.25, 0.3) is 0 Å². The van der Waals surface area contributed by atoms with E-state index >= 15 is 0 Å². The van der Waals surface area contributed by atoms with Crippen LogP contribution < -0.4 is 10.1 Å². The highest BCUT2D eigenvalue weighted by Crippen LogP contribution is 2.23. The third-order valence-electron chi connectivity index (χ3n) is 4.14. The second-order valence-electron chi connectivity index (χ2n) is 6.28. The molecule has 0 unspecified atom stereocenters. The van der Waals surface area contributed by atoms with Gasteiger partial charge in [0.25, 0.3) is 5.91 Å². The van der Waals surface area contributed by atoms with Crippen molar-refractivity contribution in [3.63, 3.8) is 0 Å². The maximum absolute atomic E-state index is 13.9. The van der Waals surface area contributed by atoms with Crippen molar-refractivity contribution in [3.8, 4) is 5.75 Å². The summed E-state index contributed by atoms with van der Waals surface area (Å²) in [6, 6.07) is 3.57. The van der Waals surface area contributed by atoms with Crippen LogP contribution >= 0.6 is 0 Å². The number of hydrogen-bond acceptors (Lipinski definition) is 3. The number of para-hydroxylation sites is 1. The van der Waals surface area contributed by atoms with Crippen LogP contribution in [0.1, 0.15) is 44.0 Å². The first-order valence-corrected chi connectivity index (χ1v) is 8.46. The highest BCUT2D eigenvalue weighted by atomic mass is 19.1. The average Bonchev–Trinajstić information content (AvgIpc) is 3.08. The zero-order valence-corrected chi connectivity index (χ0v) is 14.5. The van der Waals surface area contributed by atoms with Gasteiger partial charge in [-0.3, -0.25) is 9.59 Å². The van der Waals surface area contributed by atoms with Gasteiger partial charge in [0.1, 0.15) is 6.04 Å². The summed E-state index contributed by atoms with van der Waals surface area (Å²) >= 11 is 0. The molecule has 24 heavy (non-hydrogen) atoms. The molecular weight excluding hydrogens is 311 g/mol. The predicted molar refractivity (Wildman–Crippen MR) is 89.5 cm³/mol. The number of carbonyl (C=O) groups excluding carboxylic acids is 2. The minimum atomic E-state index is -0.631. The topological polar surface area (TPSA) is 58.6 Å². The Labute approximate surface area is 142 Å². The predicted octanol–water partition coefficient (Wildman–Crippen LogP) is 2.60. The lowest BCUT2D eigenvalue weighted by Gasteiger charge is -2.27. The number of rotatable bonds is 6. The number of ether oxygens (including phenoxy) is 1. The average molecular weight is 336 g/mol. The molecule has 0 radical (unpaired) electrons. The molecule has 1 saturated heterocycles. The highest BCUT2D eigenvalue weighted by molar-refractivity contribution is 5.99. The van der Waals surface area contributed by atoms with Crippen LogP contribution in [0.3, 0.4) is 0 Å². The molecule has 5 nitrogen and oxygen atoms in total. The molecule has 1 aliphatic rings. The van der Waals surface area contributed by atoms with Gasteiger partial charge in [-0.2, -0.15) is 0 Å². The van der Waals surface area contributed by atoms with Gasteiger partial charge in [0, 0.05) is 13.1 Å². The van der Waals surface area contributed by atoms with Crippen LogP contribution in [-0.2, 0) is 4.79 Å². The molecule has 0 aliphatic carbocycles. The van der Waals surface area contributed by atoms with Gasteiger partial charge < -0.3 is 15.0 Å². The minimum absolute atomic E-state index is 0.0637. The third-order valence-corrected chi connectivity index (χ3v) is 4.14. The van der Waals surface area contributed by atoms with Crippen molar-refractivity contribution < 1.29 is 18.7 Å². The lowest BCUT2D eigenvalue weighted by molar-refractivity contribution is -0.133. The van der Waals surface area contributed by atoms with Crippen molar-refractivity contribution in [2.24, 2.45) is 5.92 Å². The molecule has 6 heteroatoms. The molecule has 1 aromatic carbocycles. The SMILES string of the molecule is CCOc1c(F)cccc1C(=O)N[C@H](C(=O)N1CCCC1)C(C)C. The molecule has 1 aromatic rings. The molecule has 0 bridgehead atoms. The molecule has 1 aliphatic heterocycles. The number of benzene rings is 1. The Bertz CT molecular complexity index is 598. The summed E-state index contributed by atoms with van der Waals surface area (Å²) in [5.41, 5.74) is 0.108. The Morgan fingerprint density at radius 1 is 1.29 bits per heavy atom. The summed E-state index contributed by atoms with van der Waals surface area (Å²) in [6.45, 7) is 7.19. The Balaban J connectivity index is 2.19. The van der Waals surface area contributed by atoms with E-state index in [1.165, 1.54) is 18.2 Å². The van der Waals surface area contributed by atoms with E-state index < -0.39 is 17.8 Å². The zero-order valence-electron chi connectivity index (χ0n) is 14.5. The van der Waals surface area contributed by atoms with Gasteiger partial charge in [-0.1, -0.05) is 19.9 Å². The summed E-state index contributed by atoms with van der Waals surface area (Å²) in [5, 5.41) is 2.76. The van der Waals surface area contributed by atoms with Gasteiger partial charge in [-0.05, 0) is 37.8 Å². The summed E-state index contributed by atoms with van der Waals surface area (Å²) in [6.07, 6.45) is 1.98. The van der Waals surface area contributed by atoms with E-state index in [4.69, 9.17) is 4.74 Å². The molecule has 2 amide bonds. The van der Waals surface area contributed by atoms with Crippen molar-refractivity contribution in [2.45, 2.75) is 39.7 Å². The highest BCUT2D eigenvalue weighted by Gasteiger charge is 2.31. The summed E-state index contributed by atoms with van der Waals surface area (Å²) in [5.74, 6) is -1.30. The fourth-order valence-electron chi connectivity index (χ4n) is 2.85. The molecule has 0 spiro atoms. The van der Waals surface area contributed by atoms with Crippen molar-refractivity contribution in [2.75, 3.05) is 19.7 Å². The Morgan fingerprint density at radius 3 is 2.54 bits per heavy atom. The first kappa shape index (κ1) is 18.2. The van der Waals surface area contributed by atoms with E-state index in [0.717, 1.165) is 25.9 Å². The van der Waals surface area contributed by atoms with E-state index in [9.17, 15) is 14.0 Å². The third kappa shape index (κ3) is 4.04. The van der Waals surface area contributed by atoms with Crippen LogP contribution in [0.15, 0.2) is 18.2 Å². The molecule has 0 saturated carbocycles. The molecule has 1 N–H and O–H groups in total. The summed E-state index contributed by atoms with van der Waals surface area (Å²) < 4.78 is 19.2. The van der Waals surface area contributed by atoms with Crippen molar-refractivity contribution in [3.05, 3.63) is 29.6 Å². The monoisotopic (exact) mass is 336 g/mol. The van der Waals surface area contributed by atoms with E-state index in [0.29, 0.717) is 0 Å². The molecule has 1 atom stereocenters. The Morgan fingerprint density at radius 2 is 1.96 bits per heavy atom. The number of halogens is 1. The number of hydrogen-bond donors (Lipinski definition) is 1. The van der Waals surface area contributed by atoms with E-state index in [1.54, 1.807) is 11.8 Å². The number of nitrogens with zero attached hydrogens (tertiary/aromatic N) is 1. The maximum atomic E-state index is 13.9. The van der Waals surface area contributed by atoms with Gasteiger partial charge in [0.2, 0.25) is 5.91 Å². The minimum Gasteiger partial charge on any atom is -0.490 e. The second kappa shape index (κ2) is 8.13. The number of likely N-dealkylation sites (tertiary alicyclic amines) is 1. The molecule has 132 valence electrons. The smallest absolute Gasteiger partial charge is 0.255 e. The largest absolute Gasteiger partial charge is 0.490 e. The normalized spacial score (nSPS) is 15.5. The first-order valence-electron chi connectivity index (χ1n) is 8.46. The van der Waals surface area contributed by atoms with Crippen LogP contribution in [-0.4, -0.2) is 42.5 Å². The van der Waals surface area contributed by atoms with Gasteiger partial charge >= 0.3 is 0 Å². The van der Waals surface area contributed by atoms with Gasteiger partial charge in [-0.25, -0.2) is 4.39 Å². The Hall–Kier alpha value is -2.11. The van der Waals surface area contributed by atoms with Crippen LogP contribution in [0.5, 0.6) is 5.75 Å². The van der Waals surface area contributed by atoms with Crippen molar-refractivity contribution >= 4 is 11.8 Å². The summed E-state index contributed by atoms with van der Waals surface area (Å²) in [4.78, 5) is 27.0. The van der Waals surface area contributed by atoms with Crippen LogP contribution in [0, 0.1) is 11.7 Å². The maximum Gasteiger partial charge on any atom is 0.255 e. The fraction of sp³-hybridized carbons (Fsp3) is 0.556. The standard InChI is InChI=1S/C18H25FN2O3/c1-4-24-16-13(8-7-9-14(16)19)17(22)20-15(12(2)3)18(23)21-10-5-6-11-21/h7-9,12,15H,4-6,10-11H2,1-3H3,(H,20,22)/t15-/m0/s1. The van der Waals surface area contributed by atoms with Gasteiger partial charge in [-0.15, -0.1) is 0 Å². The lowest BCUT2D eigenvalue weighted by atomic mass is 10.0. The zero-order chi connectivity index (χ0) is 17.7. The second-order valence-corrected chi connectivity index (χ2v) is 6.28. The van der Waals surface area contributed by atoms with Crippen LogP contribution in [0.4, 0.5) is 4.39 Å². The first-order chi connectivity index (χ1) is 11.5. The molecule has 0 aromatic heterocycles. The van der Waals surface area contributed by atoms with E-state index in [-0.39, 0.29) is 29.7 Å². The molecule has 1 heterocycles. The van der Waals surface area contributed by atoms with Crippen molar-refractivity contribution in [1.82, 2.24) is 10.2 Å². The molecule has 1 fully saturated rings. The quantitative estimate of drug-likeness (QED) is 0.869. The number of amides is 2. The van der Waals surface area contributed by atoms with E-state index in [2.05, 4.69) is 5.32 Å². The van der Waals surface area contributed by atoms with Crippen LogP contribution in [0.2, 0.25) is 0 Å².